The molecule has 0 fully saturated rings. The maximum absolute atomic E-state index is 5.63. The zero-order valence-corrected chi connectivity index (χ0v) is 9.79. The minimum absolute atomic E-state index is 0.161. The Morgan fingerprint density at radius 1 is 1.14 bits per heavy atom. The first-order valence-electron chi connectivity index (χ1n) is 5.67. The SMILES string of the molecule is CCCC(C)OCCC(CN)OCC. The van der Waals surface area contributed by atoms with Gasteiger partial charge in [0, 0.05) is 19.8 Å². The van der Waals surface area contributed by atoms with Crippen LogP contribution < -0.4 is 5.73 Å². The Morgan fingerprint density at radius 3 is 2.36 bits per heavy atom. The van der Waals surface area contributed by atoms with E-state index in [1.165, 1.54) is 6.42 Å². The lowest BCUT2D eigenvalue weighted by atomic mass is 10.2. The van der Waals surface area contributed by atoms with Crippen LogP contribution >= 0.6 is 0 Å². The van der Waals surface area contributed by atoms with Gasteiger partial charge in [0.2, 0.25) is 0 Å². The van der Waals surface area contributed by atoms with Crippen molar-refractivity contribution < 1.29 is 9.47 Å². The van der Waals surface area contributed by atoms with Gasteiger partial charge >= 0.3 is 0 Å². The van der Waals surface area contributed by atoms with E-state index in [2.05, 4.69) is 13.8 Å². The zero-order valence-electron chi connectivity index (χ0n) is 9.79. The molecule has 2 N–H and O–H groups in total. The molecule has 0 saturated carbocycles. The zero-order chi connectivity index (χ0) is 10.8. The molecule has 2 atom stereocenters. The normalized spacial score (nSPS) is 15.4. The summed E-state index contributed by atoms with van der Waals surface area (Å²) in [7, 11) is 0. The summed E-state index contributed by atoms with van der Waals surface area (Å²) in [5.74, 6) is 0. The molecular formula is C11H25NO2. The van der Waals surface area contributed by atoms with E-state index >= 15 is 0 Å². The van der Waals surface area contributed by atoms with Gasteiger partial charge in [-0.25, -0.2) is 0 Å². The highest BCUT2D eigenvalue weighted by Gasteiger charge is 2.07. The summed E-state index contributed by atoms with van der Waals surface area (Å²) in [4.78, 5) is 0. The van der Waals surface area contributed by atoms with Crippen molar-refractivity contribution in [2.45, 2.75) is 52.2 Å². The van der Waals surface area contributed by atoms with Crippen LogP contribution in [0.1, 0.15) is 40.0 Å². The summed E-state index contributed by atoms with van der Waals surface area (Å²) in [5.41, 5.74) is 5.55. The molecule has 86 valence electrons. The molecule has 0 aromatic rings. The minimum Gasteiger partial charge on any atom is -0.378 e. The molecular weight excluding hydrogens is 178 g/mol. The van der Waals surface area contributed by atoms with Gasteiger partial charge in [-0.3, -0.25) is 0 Å². The molecule has 0 rings (SSSR count). The molecule has 2 unspecified atom stereocenters. The van der Waals surface area contributed by atoms with E-state index in [-0.39, 0.29) is 6.10 Å². The number of rotatable bonds is 9. The Morgan fingerprint density at radius 2 is 1.86 bits per heavy atom. The monoisotopic (exact) mass is 203 g/mol. The Balaban J connectivity index is 3.40. The van der Waals surface area contributed by atoms with Crippen LogP contribution in [-0.2, 0) is 9.47 Å². The highest BCUT2D eigenvalue weighted by molar-refractivity contribution is 4.58. The molecule has 0 saturated heterocycles. The van der Waals surface area contributed by atoms with Crippen LogP contribution in [0.2, 0.25) is 0 Å². The molecule has 0 heterocycles. The minimum atomic E-state index is 0.161. The Labute approximate surface area is 88.0 Å². The average molecular weight is 203 g/mol. The van der Waals surface area contributed by atoms with Crippen molar-refractivity contribution in [1.82, 2.24) is 0 Å². The highest BCUT2D eigenvalue weighted by atomic mass is 16.5. The third-order valence-corrected chi connectivity index (χ3v) is 2.20. The van der Waals surface area contributed by atoms with Gasteiger partial charge in [0.15, 0.2) is 0 Å². The van der Waals surface area contributed by atoms with Gasteiger partial charge in [0.05, 0.1) is 12.2 Å². The summed E-state index contributed by atoms with van der Waals surface area (Å²) in [5, 5.41) is 0. The predicted molar refractivity (Wildman–Crippen MR) is 59.4 cm³/mol. The summed E-state index contributed by atoms with van der Waals surface area (Å²) in [6.07, 6.45) is 3.72. The fourth-order valence-corrected chi connectivity index (χ4v) is 1.40. The topological polar surface area (TPSA) is 44.5 Å². The predicted octanol–water partition coefficient (Wildman–Crippen LogP) is 1.95. The van der Waals surface area contributed by atoms with Crippen molar-refractivity contribution in [2.75, 3.05) is 19.8 Å². The van der Waals surface area contributed by atoms with Crippen molar-refractivity contribution in [3.05, 3.63) is 0 Å². The van der Waals surface area contributed by atoms with Crippen LogP contribution in [0.25, 0.3) is 0 Å². The van der Waals surface area contributed by atoms with Crippen molar-refractivity contribution >= 4 is 0 Å². The van der Waals surface area contributed by atoms with Crippen LogP contribution in [-0.4, -0.2) is 32.0 Å². The molecule has 0 radical (unpaired) electrons. The van der Waals surface area contributed by atoms with Crippen LogP contribution in [0.15, 0.2) is 0 Å². The van der Waals surface area contributed by atoms with Crippen molar-refractivity contribution in [1.29, 1.82) is 0 Å². The van der Waals surface area contributed by atoms with E-state index in [9.17, 15) is 0 Å². The van der Waals surface area contributed by atoms with Crippen molar-refractivity contribution in [3.8, 4) is 0 Å². The van der Waals surface area contributed by atoms with E-state index in [0.717, 1.165) is 26.1 Å². The van der Waals surface area contributed by atoms with Crippen LogP contribution in [0.4, 0.5) is 0 Å². The molecule has 0 bridgehead atoms. The summed E-state index contributed by atoms with van der Waals surface area (Å²) >= 11 is 0. The van der Waals surface area contributed by atoms with Crippen LogP contribution in [0.5, 0.6) is 0 Å². The van der Waals surface area contributed by atoms with Gasteiger partial charge in [0.1, 0.15) is 0 Å². The molecule has 14 heavy (non-hydrogen) atoms. The van der Waals surface area contributed by atoms with Gasteiger partial charge in [-0.15, -0.1) is 0 Å². The van der Waals surface area contributed by atoms with Gasteiger partial charge in [-0.2, -0.15) is 0 Å². The molecule has 3 nitrogen and oxygen atoms in total. The summed E-state index contributed by atoms with van der Waals surface area (Å²) < 4.78 is 11.1. The second-order valence-electron chi connectivity index (χ2n) is 3.57. The second-order valence-corrected chi connectivity index (χ2v) is 3.57. The molecule has 0 aliphatic rings. The Hall–Kier alpha value is -0.120. The second kappa shape index (κ2) is 9.44. The smallest absolute Gasteiger partial charge is 0.0719 e. The third-order valence-electron chi connectivity index (χ3n) is 2.20. The summed E-state index contributed by atoms with van der Waals surface area (Å²) in [6.45, 7) is 8.34. The maximum atomic E-state index is 5.63. The van der Waals surface area contributed by atoms with Crippen molar-refractivity contribution in [2.24, 2.45) is 5.73 Å². The quantitative estimate of drug-likeness (QED) is 0.623. The Bertz CT molecular complexity index is 120. The number of hydrogen-bond donors (Lipinski definition) is 1. The molecule has 3 heteroatoms. The standard InChI is InChI=1S/C11H25NO2/c1-4-6-10(3)14-8-7-11(9-12)13-5-2/h10-11H,4-9,12H2,1-3H3. The molecule has 0 aromatic heterocycles. The molecule has 0 aliphatic heterocycles. The van der Waals surface area contributed by atoms with E-state index in [1.54, 1.807) is 0 Å². The van der Waals surface area contributed by atoms with E-state index < -0.39 is 0 Å². The van der Waals surface area contributed by atoms with E-state index in [4.69, 9.17) is 15.2 Å². The van der Waals surface area contributed by atoms with Crippen molar-refractivity contribution in [3.63, 3.8) is 0 Å². The fourth-order valence-electron chi connectivity index (χ4n) is 1.40. The lowest BCUT2D eigenvalue weighted by Gasteiger charge is -2.17. The van der Waals surface area contributed by atoms with E-state index in [1.807, 2.05) is 6.92 Å². The summed E-state index contributed by atoms with van der Waals surface area (Å²) in [6, 6.07) is 0. The highest BCUT2D eigenvalue weighted by Crippen LogP contribution is 2.03. The van der Waals surface area contributed by atoms with E-state index in [0.29, 0.717) is 12.6 Å². The lowest BCUT2D eigenvalue weighted by molar-refractivity contribution is 0.00886. The fraction of sp³-hybridized carbons (Fsp3) is 1.00. The molecule has 0 spiro atoms. The van der Waals surface area contributed by atoms with Gasteiger partial charge in [-0.1, -0.05) is 13.3 Å². The first kappa shape index (κ1) is 13.9. The average Bonchev–Trinajstić information content (AvgIpc) is 2.17. The molecule has 0 amide bonds. The number of hydrogen-bond acceptors (Lipinski definition) is 3. The number of ether oxygens (including phenoxy) is 2. The maximum Gasteiger partial charge on any atom is 0.0719 e. The third kappa shape index (κ3) is 7.30. The lowest BCUT2D eigenvalue weighted by Crippen LogP contribution is -2.26. The first-order valence-corrected chi connectivity index (χ1v) is 5.67. The molecule has 0 aliphatic carbocycles. The van der Waals surface area contributed by atoms with Crippen LogP contribution in [0.3, 0.4) is 0 Å². The van der Waals surface area contributed by atoms with Gasteiger partial charge < -0.3 is 15.2 Å². The van der Waals surface area contributed by atoms with Gasteiger partial charge in [0.25, 0.3) is 0 Å². The molecule has 0 aromatic carbocycles. The Kier molecular flexibility index (Phi) is 9.35. The largest absolute Gasteiger partial charge is 0.378 e. The number of nitrogens with two attached hydrogens (primary N) is 1. The first-order chi connectivity index (χ1) is 6.74. The van der Waals surface area contributed by atoms with Gasteiger partial charge in [-0.05, 0) is 26.7 Å². The van der Waals surface area contributed by atoms with Crippen LogP contribution in [0, 0.1) is 0 Å².